The molecule has 0 aromatic heterocycles. The van der Waals surface area contributed by atoms with E-state index in [1.54, 1.807) is 13.0 Å². The number of nitrogens with one attached hydrogen (secondary N) is 1. The first kappa shape index (κ1) is 16.4. The molecule has 0 fully saturated rings. The lowest BCUT2D eigenvalue weighted by Crippen LogP contribution is -2.13. The summed E-state index contributed by atoms with van der Waals surface area (Å²) in [6.07, 6.45) is 0.731. The van der Waals surface area contributed by atoms with Gasteiger partial charge in [0.1, 0.15) is 0 Å². The Kier molecular flexibility index (Phi) is 5.94. The van der Waals surface area contributed by atoms with Crippen molar-refractivity contribution in [3.63, 3.8) is 0 Å². The molecule has 0 bridgehead atoms. The minimum Gasteiger partial charge on any atom is -0.481 e. The van der Waals surface area contributed by atoms with Gasteiger partial charge >= 0.3 is 5.97 Å². The predicted octanol–water partition coefficient (Wildman–Crippen LogP) is 3.58. The second-order valence-electron chi connectivity index (χ2n) is 4.79. The maximum absolute atomic E-state index is 10.8. The number of benzene rings is 1. The first-order valence-electron chi connectivity index (χ1n) is 6.21. The van der Waals surface area contributed by atoms with E-state index in [0.717, 1.165) is 5.69 Å². The monoisotopic (exact) mass is 344 g/mol. The van der Waals surface area contributed by atoms with Crippen LogP contribution in [-0.4, -0.2) is 22.5 Å². The van der Waals surface area contributed by atoms with Gasteiger partial charge in [0, 0.05) is 34.8 Å². The molecule has 0 saturated carbocycles. The van der Waals surface area contributed by atoms with Gasteiger partial charge in [0.25, 0.3) is 5.69 Å². The van der Waals surface area contributed by atoms with Crippen LogP contribution in [0.5, 0.6) is 0 Å². The fourth-order valence-corrected chi connectivity index (χ4v) is 2.23. The quantitative estimate of drug-likeness (QED) is 0.582. The molecule has 1 aromatic carbocycles. The number of rotatable bonds is 7. The molecule has 110 valence electrons. The Hall–Kier alpha value is -1.63. The molecule has 20 heavy (non-hydrogen) atoms. The van der Waals surface area contributed by atoms with Crippen molar-refractivity contribution in [2.45, 2.75) is 26.7 Å². The van der Waals surface area contributed by atoms with Crippen LogP contribution in [0, 0.1) is 23.0 Å². The van der Waals surface area contributed by atoms with Crippen LogP contribution in [0.4, 0.5) is 11.4 Å². The summed E-state index contributed by atoms with van der Waals surface area (Å²) in [6, 6.07) is 3.19. The van der Waals surface area contributed by atoms with E-state index >= 15 is 0 Å². The van der Waals surface area contributed by atoms with E-state index in [2.05, 4.69) is 21.2 Å². The number of nitro groups is 1. The van der Waals surface area contributed by atoms with E-state index < -0.39 is 10.9 Å². The highest BCUT2D eigenvalue weighted by atomic mass is 79.9. The Morgan fingerprint density at radius 2 is 2.20 bits per heavy atom. The number of hydrogen-bond acceptors (Lipinski definition) is 4. The van der Waals surface area contributed by atoms with Crippen LogP contribution in [0.15, 0.2) is 16.6 Å². The number of halogens is 1. The average Bonchev–Trinajstić information content (AvgIpc) is 2.36. The fourth-order valence-electron chi connectivity index (χ4n) is 1.76. The third kappa shape index (κ3) is 4.80. The van der Waals surface area contributed by atoms with Crippen LogP contribution >= 0.6 is 15.9 Å². The molecule has 6 nitrogen and oxygen atoms in total. The molecule has 0 heterocycles. The van der Waals surface area contributed by atoms with Crippen molar-refractivity contribution in [1.29, 1.82) is 0 Å². The van der Waals surface area contributed by atoms with Crippen molar-refractivity contribution in [2.75, 3.05) is 11.9 Å². The number of aliphatic carboxylic acids is 1. The first-order chi connectivity index (χ1) is 9.31. The lowest BCUT2D eigenvalue weighted by molar-refractivity contribution is -0.385. The Bertz CT molecular complexity index is 519. The molecule has 0 aliphatic carbocycles. The van der Waals surface area contributed by atoms with Gasteiger partial charge < -0.3 is 10.4 Å². The largest absolute Gasteiger partial charge is 0.481 e. The third-order valence-electron chi connectivity index (χ3n) is 2.97. The molecule has 1 unspecified atom stereocenters. The van der Waals surface area contributed by atoms with Gasteiger partial charge in [0.05, 0.1) is 4.92 Å². The van der Waals surface area contributed by atoms with Crippen LogP contribution in [0.3, 0.4) is 0 Å². The van der Waals surface area contributed by atoms with Crippen molar-refractivity contribution in [1.82, 2.24) is 0 Å². The number of carbonyl (C=O) groups is 1. The number of nitrogens with zero attached hydrogens (tertiary/aromatic N) is 1. The number of hydrogen-bond donors (Lipinski definition) is 2. The SMILES string of the molecule is Cc1cc(NCC(C)CCC(=O)O)c(Br)cc1[N+](=O)[O-]. The second-order valence-corrected chi connectivity index (χ2v) is 5.65. The van der Waals surface area contributed by atoms with Crippen molar-refractivity contribution in [3.8, 4) is 0 Å². The third-order valence-corrected chi connectivity index (χ3v) is 3.63. The normalized spacial score (nSPS) is 11.9. The van der Waals surface area contributed by atoms with Gasteiger partial charge in [-0.15, -0.1) is 0 Å². The topological polar surface area (TPSA) is 92.5 Å². The van der Waals surface area contributed by atoms with E-state index in [9.17, 15) is 14.9 Å². The first-order valence-corrected chi connectivity index (χ1v) is 7.00. The lowest BCUT2D eigenvalue weighted by Gasteiger charge is -2.14. The van der Waals surface area contributed by atoms with Gasteiger partial charge in [0.2, 0.25) is 0 Å². The average molecular weight is 345 g/mol. The summed E-state index contributed by atoms with van der Waals surface area (Å²) in [6.45, 7) is 4.26. The summed E-state index contributed by atoms with van der Waals surface area (Å²) in [5.41, 5.74) is 1.43. The van der Waals surface area contributed by atoms with Gasteiger partial charge in [0.15, 0.2) is 0 Å². The van der Waals surface area contributed by atoms with E-state index in [0.29, 0.717) is 23.0 Å². The van der Waals surface area contributed by atoms with E-state index in [4.69, 9.17) is 5.11 Å². The Morgan fingerprint density at radius 3 is 2.75 bits per heavy atom. The molecule has 2 N–H and O–H groups in total. The molecular formula is C13H17BrN2O4. The Labute approximate surface area is 125 Å². The Morgan fingerprint density at radius 1 is 1.55 bits per heavy atom. The van der Waals surface area contributed by atoms with Gasteiger partial charge in [-0.05, 0) is 41.3 Å². The second kappa shape index (κ2) is 7.23. The van der Waals surface area contributed by atoms with Gasteiger partial charge in [-0.1, -0.05) is 6.92 Å². The lowest BCUT2D eigenvalue weighted by atomic mass is 10.1. The summed E-state index contributed by atoms with van der Waals surface area (Å²) < 4.78 is 0.625. The van der Waals surface area contributed by atoms with E-state index in [-0.39, 0.29) is 18.0 Å². The van der Waals surface area contributed by atoms with Crippen LogP contribution in [0.2, 0.25) is 0 Å². The molecule has 0 aliphatic rings. The zero-order chi connectivity index (χ0) is 15.3. The molecule has 0 aliphatic heterocycles. The minimum absolute atomic E-state index is 0.0707. The van der Waals surface area contributed by atoms with Crippen LogP contribution < -0.4 is 5.32 Å². The summed E-state index contributed by atoms with van der Waals surface area (Å²) in [4.78, 5) is 20.9. The molecule has 1 aromatic rings. The minimum atomic E-state index is -0.802. The number of aryl methyl sites for hydroxylation is 1. The molecule has 0 spiro atoms. The van der Waals surface area contributed by atoms with Crippen LogP contribution in [-0.2, 0) is 4.79 Å². The molecule has 1 rings (SSSR count). The highest BCUT2D eigenvalue weighted by Crippen LogP contribution is 2.30. The van der Waals surface area contributed by atoms with Crippen molar-refractivity contribution < 1.29 is 14.8 Å². The summed E-state index contributed by atoms with van der Waals surface area (Å²) in [5, 5.41) is 22.6. The fraction of sp³-hybridized carbons (Fsp3) is 0.462. The zero-order valence-electron chi connectivity index (χ0n) is 11.4. The van der Waals surface area contributed by atoms with Crippen LogP contribution in [0.25, 0.3) is 0 Å². The van der Waals surface area contributed by atoms with E-state index in [1.165, 1.54) is 6.07 Å². The molecule has 0 saturated heterocycles. The molecule has 0 amide bonds. The summed E-state index contributed by atoms with van der Waals surface area (Å²) >= 11 is 3.30. The van der Waals surface area contributed by atoms with Crippen molar-refractivity contribution in [2.24, 2.45) is 5.92 Å². The maximum atomic E-state index is 10.8. The summed E-state index contributed by atoms with van der Waals surface area (Å²) in [5.74, 6) is -0.599. The maximum Gasteiger partial charge on any atom is 0.303 e. The smallest absolute Gasteiger partial charge is 0.303 e. The molecule has 7 heteroatoms. The van der Waals surface area contributed by atoms with Gasteiger partial charge in [-0.3, -0.25) is 14.9 Å². The number of nitro benzene ring substituents is 1. The van der Waals surface area contributed by atoms with Gasteiger partial charge in [-0.2, -0.15) is 0 Å². The highest BCUT2D eigenvalue weighted by molar-refractivity contribution is 9.10. The van der Waals surface area contributed by atoms with Gasteiger partial charge in [-0.25, -0.2) is 0 Å². The number of anilines is 1. The molecular weight excluding hydrogens is 328 g/mol. The highest BCUT2D eigenvalue weighted by Gasteiger charge is 2.14. The standard InChI is InChI=1S/C13H17BrN2O4/c1-8(3-4-13(17)18)7-15-11-5-9(2)12(16(19)20)6-10(11)14/h5-6,8,15H,3-4,7H2,1-2H3,(H,17,18). The van der Waals surface area contributed by atoms with Crippen molar-refractivity contribution in [3.05, 3.63) is 32.3 Å². The number of carboxylic acids is 1. The zero-order valence-corrected chi connectivity index (χ0v) is 12.9. The van der Waals surface area contributed by atoms with Crippen molar-refractivity contribution >= 4 is 33.3 Å². The number of carboxylic acid groups (broad SMARTS) is 1. The predicted molar refractivity (Wildman–Crippen MR) is 80.1 cm³/mol. The molecule has 1 atom stereocenters. The summed E-state index contributed by atoms with van der Waals surface area (Å²) in [7, 11) is 0. The molecule has 0 radical (unpaired) electrons. The van der Waals surface area contributed by atoms with Crippen LogP contribution in [0.1, 0.15) is 25.3 Å². The van der Waals surface area contributed by atoms with E-state index in [1.807, 2.05) is 6.92 Å². The Balaban J connectivity index is 2.67.